The molecule has 0 aliphatic carbocycles. The first-order valence-electron chi connectivity index (χ1n) is 17.9. The molecule has 0 spiro atoms. The number of carbonyl (C=O) groups excluding carboxylic acids is 1. The standard InChI is InChI=1S/C36H73NO3/c1-6-8-10-12-14-16-18-20-22-24-26-28-30-37(35(38)34-36(3,4)40-33-32-39-5)31-29-27-25-23-21-19-17-15-13-11-9-7-2/h6-34H2,1-5H3. The highest BCUT2D eigenvalue weighted by molar-refractivity contribution is 5.77. The van der Waals surface area contributed by atoms with Crippen LogP contribution in [0, 0.1) is 0 Å². The molecule has 0 aromatic rings. The average Bonchev–Trinajstić information content (AvgIpc) is 2.92. The summed E-state index contributed by atoms with van der Waals surface area (Å²) in [6, 6.07) is 0. The number of nitrogens with zero attached hydrogens (tertiary/aromatic N) is 1. The van der Waals surface area contributed by atoms with Crippen LogP contribution in [0.1, 0.15) is 188 Å². The van der Waals surface area contributed by atoms with Crippen molar-refractivity contribution in [2.45, 2.75) is 194 Å². The van der Waals surface area contributed by atoms with E-state index in [4.69, 9.17) is 9.47 Å². The Morgan fingerprint density at radius 2 is 0.850 bits per heavy atom. The molecule has 0 saturated carbocycles. The molecule has 240 valence electrons. The fourth-order valence-corrected chi connectivity index (χ4v) is 5.58. The zero-order valence-electron chi connectivity index (χ0n) is 28.2. The van der Waals surface area contributed by atoms with E-state index in [9.17, 15) is 4.79 Å². The molecular weight excluding hydrogens is 494 g/mol. The van der Waals surface area contributed by atoms with Crippen molar-refractivity contribution in [2.24, 2.45) is 0 Å². The Balaban J connectivity index is 4.20. The molecule has 0 aliphatic rings. The van der Waals surface area contributed by atoms with Crippen LogP contribution in [0.2, 0.25) is 0 Å². The van der Waals surface area contributed by atoms with Crippen LogP contribution in [0.25, 0.3) is 0 Å². The fourth-order valence-electron chi connectivity index (χ4n) is 5.58. The van der Waals surface area contributed by atoms with Crippen molar-refractivity contribution >= 4 is 5.91 Å². The molecule has 0 saturated heterocycles. The predicted molar refractivity (Wildman–Crippen MR) is 175 cm³/mol. The Bertz CT molecular complexity index is 494. The van der Waals surface area contributed by atoms with Crippen LogP contribution >= 0.6 is 0 Å². The molecule has 0 heterocycles. The van der Waals surface area contributed by atoms with E-state index >= 15 is 0 Å². The molecule has 0 fully saturated rings. The maximum Gasteiger partial charge on any atom is 0.225 e. The fraction of sp³-hybridized carbons (Fsp3) is 0.972. The molecule has 4 heteroatoms. The van der Waals surface area contributed by atoms with Gasteiger partial charge in [0.15, 0.2) is 0 Å². The molecule has 0 unspecified atom stereocenters. The quantitative estimate of drug-likeness (QED) is 0.0759. The molecule has 0 aromatic heterocycles. The van der Waals surface area contributed by atoms with Crippen molar-refractivity contribution < 1.29 is 14.3 Å². The molecule has 0 rings (SSSR count). The SMILES string of the molecule is CCCCCCCCCCCCCCN(CCCCCCCCCCCCCC)C(=O)CC(C)(C)OCCOC. The zero-order valence-corrected chi connectivity index (χ0v) is 28.2. The van der Waals surface area contributed by atoms with Crippen LogP contribution in [-0.2, 0) is 14.3 Å². The molecule has 0 N–H and O–H groups in total. The highest BCUT2D eigenvalue weighted by atomic mass is 16.5. The maximum absolute atomic E-state index is 13.3. The van der Waals surface area contributed by atoms with Gasteiger partial charge < -0.3 is 14.4 Å². The number of rotatable bonds is 32. The summed E-state index contributed by atoms with van der Waals surface area (Å²) in [4.78, 5) is 15.4. The van der Waals surface area contributed by atoms with Gasteiger partial charge in [-0.2, -0.15) is 0 Å². The van der Waals surface area contributed by atoms with E-state index in [-0.39, 0.29) is 5.91 Å². The topological polar surface area (TPSA) is 38.8 Å². The largest absolute Gasteiger partial charge is 0.382 e. The lowest BCUT2D eigenvalue weighted by molar-refractivity contribution is -0.138. The van der Waals surface area contributed by atoms with Crippen molar-refractivity contribution in [1.82, 2.24) is 4.90 Å². The van der Waals surface area contributed by atoms with Gasteiger partial charge in [0.25, 0.3) is 0 Å². The van der Waals surface area contributed by atoms with E-state index in [2.05, 4.69) is 18.7 Å². The Morgan fingerprint density at radius 1 is 0.525 bits per heavy atom. The second-order valence-corrected chi connectivity index (χ2v) is 12.9. The van der Waals surface area contributed by atoms with Crippen molar-refractivity contribution in [3.8, 4) is 0 Å². The van der Waals surface area contributed by atoms with Gasteiger partial charge in [-0.15, -0.1) is 0 Å². The zero-order chi connectivity index (χ0) is 29.6. The van der Waals surface area contributed by atoms with E-state index in [0.29, 0.717) is 19.6 Å². The van der Waals surface area contributed by atoms with Crippen LogP contribution in [0.3, 0.4) is 0 Å². The van der Waals surface area contributed by atoms with E-state index in [1.807, 2.05) is 13.8 Å². The average molecular weight is 568 g/mol. The third-order valence-corrected chi connectivity index (χ3v) is 8.27. The minimum Gasteiger partial charge on any atom is -0.382 e. The molecule has 1 amide bonds. The Kier molecular flexibility index (Phi) is 29.4. The minimum absolute atomic E-state index is 0.258. The van der Waals surface area contributed by atoms with Crippen molar-refractivity contribution in [3.63, 3.8) is 0 Å². The molecule has 0 radical (unpaired) electrons. The predicted octanol–water partition coefficient (Wildman–Crippen LogP) is 11.0. The van der Waals surface area contributed by atoms with Gasteiger partial charge in [-0.1, -0.05) is 155 Å². The number of hydrogen-bond donors (Lipinski definition) is 0. The number of unbranched alkanes of at least 4 members (excludes halogenated alkanes) is 22. The van der Waals surface area contributed by atoms with Crippen LogP contribution in [0.4, 0.5) is 0 Å². The lowest BCUT2D eigenvalue weighted by Gasteiger charge is -2.29. The third kappa shape index (κ3) is 27.6. The van der Waals surface area contributed by atoms with Crippen LogP contribution in [-0.4, -0.2) is 49.8 Å². The second-order valence-electron chi connectivity index (χ2n) is 12.9. The molecule has 40 heavy (non-hydrogen) atoms. The molecular formula is C36H73NO3. The Hall–Kier alpha value is -0.610. The summed E-state index contributed by atoms with van der Waals surface area (Å²) in [6.45, 7) is 11.6. The van der Waals surface area contributed by atoms with Gasteiger partial charge in [-0.3, -0.25) is 4.79 Å². The number of ether oxygens (including phenoxy) is 2. The van der Waals surface area contributed by atoms with Gasteiger partial charge in [-0.25, -0.2) is 0 Å². The Morgan fingerprint density at radius 3 is 1.18 bits per heavy atom. The number of carbonyl (C=O) groups is 1. The Labute approximate surface area is 252 Å². The summed E-state index contributed by atoms with van der Waals surface area (Å²) >= 11 is 0. The maximum atomic E-state index is 13.3. The summed E-state index contributed by atoms with van der Waals surface area (Å²) in [7, 11) is 1.69. The summed E-state index contributed by atoms with van der Waals surface area (Å²) in [5.41, 5.74) is -0.444. The number of hydrogen-bond acceptors (Lipinski definition) is 3. The third-order valence-electron chi connectivity index (χ3n) is 8.27. The van der Waals surface area contributed by atoms with Gasteiger partial charge in [0.05, 0.1) is 25.2 Å². The van der Waals surface area contributed by atoms with Gasteiger partial charge in [0, 0.05) is 20.2 Å². The highest BCUT2D eigenvalue weighted by Crippen LogP contribution is 2.18. The first kappa shape index (κ1) is 39.4. The summed E-state index contributed by atoms with van der Waals surface area (Å²) < 4.78 is 11.1. The van der Waals surface area contributed by atoms with Crippen LogP contribution < -0.4 is 0 Å². The normalized spacial score (nSPS) is 11.8. The van der Waals surface area contributed by atoms with Crippen LogP contribution in [0.15, 0.2) is 0 Å². The minimum atomic E-state index is -0.444. The summed E-state index contributed by atoms with van der Waals surface area (Å²) in [5.74, 6) is 0.258. The molecule has 4 nitrogen and oxygen atoms in total. The first-order valence-corrected chi connectivity index (χ1v) is 17.9. The summed E-state index contributed by atoms with van der Waals surface area (Å²) in [6.07, 6.45) is 32.9. The summed E-state index contributed by atoms with van der Waals surface area (Å²) in [5, 5.41) is 0. The van der Waals surface area contributed by atoms with Crippen LogP contribution in [0.5, 0.6) is 0 Å². The molecule has 0 aromatic carbocycles. The van der Waals surface area contributed by atoms with Gasteiger partial charge in [-0.05, 0) is 26.7 Å². The second kappa shape index (κ2) is 29.9. The number of methoxy groups -OCH3 is 1. The van der Waals surface area contributed by atoms with Crippen molar-refractivity contribution in [1.29, 1.82) is 0 Å². The lowest BCUT2D eigenvalue weighted by Crippen LogP contribution is -2.39. The highest BCUT2D eigenvalue weighted by Gasteiger charge is 2.25. The van der Waals surface area contributed by atoms with E-state index in [1.54, 1.807) is 7.11 Å². The molecule has 0 atom stereocenters. The number of amides is 1. The monoisotopic (exact) mass is 568 g/mol. The van der Waals surface area contributed by atoms with E-state index in [1.165, 1.54) is 141 Å². The van der Waals surface area contributed by atoms with Crippen molar-refractivity contribution in [3.05, 3.63) is 0 Å². The van der Waals surface area contributed by atoms with Gasteiger partial charge in [0.2, 0.25) is 5.91 Å². The van der Waals surface area contributed by atoms with E-state index < -0.39 is 5.60 Å². The van der Waals surface area contributed by atoms with Crippen molar-refractivity contribution in [2.75, 3.05) is 33.4 Å². The van der Waals surface area contributed by atoms with Gasteiger partial charge in [0.1, 0.15) is 0 Å². The van der Waals surface area contributed by atoms with Gasteiger partial charge >= 0.3 is 0 Å². The first-order chi connectivity index (χ1) is 19.5. The smallest absolute Gasteiger partial charge is 0.225 e. The molecule has 0 bridgehead atoms. The molecule has 0 aliphatic heterocycles. The van der Waals surface area contributed by atoms with E-state index in [0.717, 1.165) is 25.9 Å². The lowest BCUT2D eigenvalue weighted by atomic mass is 10.0.